The van der Waals surface area contributed by atoms with Gasteiger partial charge in [0.25, 0.3) is 5.91 Å². The fraction of sp³-hybridized carbons (Fsp3) is 0.435. The summed E-state index contributed by atoms with van der Waals surface area (Å²) in [6.45, 7) is 10.6. The van der Waals surface area contributed by atoms with Crippen LogP contribution in [0.5, 0.6) is 0 Å². The number of nitrogens with zero attached hydrogens (tertiary/aromatic N) is 1. The van der Waals surface area contributed by atoms with Crippen molar-refractivity contribution in [3.8, 4) is 0 Å². The highest BCUT2D eigenvalue weighted by molar-refractivity contribution is 7.92. The van der Waals surface area contributed by atoms with Gasteiger partial charge in [0.2, 0.25) is 10.0 Å². The standard InChI is InChI=1S/C23H32N2O3S/c1-16(2)22(17(3)4)24-23(26)20-11-13-21(14-12-20)25(29(6,27)28)15-19-9-7-18(5)8-10-19/h7-14,16-17,22H,15H2,1-6H3,(H,24,26). The monoisotopic (exact) mass is 416 g/mol. The number of rotatable bonds is 8. The number of amides is 1. The summed E-state index contributed by atoms with van der Waals surface area (Å²) in [5, 5.41) is 3.09. The fourth-order valence-electron chi connectivity index (χ4n) is 3.38. The zero-order valence-electron chi connectivity index (χ0n) is 18.1. The van der Waals surface area contributed by atoms with Gasteiger partial charge < -0.3 is 5.32 Å². The van der Waals surface area contributed by atoms with E-state index >= 15 is 0 Å². The van der Waals surface area contributed by atoms with Crippen molar-refractivity contribution in [2.75, 3.05) is 10.6 Å². The van der Waals surface area contributed by atoms with Crippen LogP contribution in [0.25, 0.3) is 0 Å². The Kier molecular flexibility index (Phi) is 7.47. The molecule has 1 N–H and O–H groups in total. The molecule has 0 aliphatic rings. The predicted octanol–water partition coefficient (Wildman–Crippen LogP) is 4.37. The van der Waals surface area contributed by atoms with Crippen molar-refractivity contribution in [1.82, 2.24) is 5.32 Å². The van der Waals surface area contributed by atoms with Crippen LogP contribution >= 0.6 is 0 Å². The Labute approximate surface area is 175 Å². The molecule has 0 heterocycles. The highest BCUT2D eigenvalue weighted by Crippen LogP contribution is 2.22. The molecule has 0 fully saturated rings. The summed E-state index contributed by atoms with van der Waals surface area (Å²) in [4.78, 5) is 12.6. The lowest BCUT2D eigenvalue weighted by Gasteiger charge is -2.26. The van der Waals surface area contributed by atoms with Crippen molar-refractivity contribution in [2.45, 2.75) is 47.2 Å². The Hall–Kier alpha value is -2.34. The van der Waals surface area contributed by atoms with E-state index in [2.05, 4.69) is 33.0 Å². The van der Waals surface area contributed by atoms with Gasteiger partial charge in [0, 0.05) is 11.6 Å². The first kappa shape index (κ1) is 22.9. The smallest absolute Gasteiger partial charge is 0.251 e. The molecule has 0 unspecified atom stereocenters. The van der Waals surface area contributed by atoms with Gasteiger partial charge in [0.05, 0.1) is 18.5 Å². The van der Waals surface area contributed by atoms with Gasteiger partial charge in [0.1, 0.15) is 0 Å². The average Bonchev–Trinajstić information content (AvgIpc) is 2.64. The maximum atomic E-state index is 12.6. The fourth-order valence-corrected chi connectivity index (χ4v) is 4.26. The van der Waals surface area contributed by atoms with Crippen molar-refractivity contribution >= 4 is 21.6 Å². The number of benzene rings is 2. The Bertz CT molecular complexity index is 910. The van der Waals surface area contributed by atoms with E-state index < -0.39 is 10.0 Å². The minimum absolute atomic E-state index is 0.0798. The normalized spacial score (nSPS) is 11.9. The third-order valence-electron chi connectivity index (χ3n) is 5.00. The quantitative estimate of drug-likeness (QED) is 0.695. The van der Waals surface area contributed by atoms with E-state index in [4.69, 9.17) is 0 Å². The molecule has 158 valence electrons. The molecule has 0 aliphatic carbocycles. The predicted molar refractivity (Wildman–Crippen MR) is 120 cm³/mol. The second-order valence-corrected chi connectivity index (χ2v) is 10.2. The molecule has 6 heteroatoms. The first-order valence-electron chi connectivity index (χ1n) is 9.93. The summed E-state index contributed by atoms with van der Waals surface area (Å²) in [7, 11) is -3.47. The van der Waals surface area contributed by atoms with E-state index in [0.29, 0.717) is 23.1 Å². The van der Waals surface area contributed by atoms with Crippen LogP contribution in [0.15, 0.2) is 48.5 Å². The van der Waals surface area contributed by atoms with Gasteiger partial charge >= 0.3 is 0 Å². The number of nitrogens with one attached hydrogen (secondary N) is 1. The summed E-state index contributed by atoms with van der Waals surface area (Å²) in [6, 6.07) is 14.6. The lowest BCUT2D eigenvalue weighted by molar-refractivity contribution is 0.0910. The number of anilines is 1. The maximum Gasteiger partial charge on any atom is 0.251 e. The highest BCUT2D eigenvalue weighted by Gasteiger charge is 2.21. The topological polar surface area (TPSA) is 66.5 Å². The van der Waals surface area contributed by atoms with Crippen molar-refractivity contribution in [3.63, 3.8) is 0 Å². The van der Waals surface area contributed by atoms with Gasteiger partial charge in [-0.15, -0.1) is 0 Å². The van der Waals surface area contributed by atoms with E-state index in [1.807, 2.05) is 31.2 Å². The number of hydrogen-bond acceptors (Lipinski definition) is 3. The molecule has 2 aromatic rings. The Balaban J connectivity index is 2.22. The first-order chi connectivity index (χ1) is 13.5. The molecule has 0 atom stereocenters. The van der Waals surface area contributed by atoms with Crippen LogP contribution in [0, 0.1) is 18.8 Å². The third kappa shape index (κ3) is 6.32. The SMILES string of the molecule is Cc1ccc(CN(c2ccc(C(=O)NC(C(C)C)C(C)C)cc2)S(C)(=O)=O)cc1. The number of aryl methyl sites for hydroxylation is 1. The number of sulfonamides is 1. The van der Waals surface area contributed by atoms with Gasteiger partial charge in [-0.05, 0) is 48.6 Å². The second kappa shape index (κ2) is 9.44. The van der Waals surface area contributed by atoms with Crippen molar-refractivity contribution in [3.05, 3.63) is 65.2 Å². The summed E-state index contributed by atoms with van der Waals surface area (Å²) >= 11 is 0. The largest absolute Gasteiger partial charge is 0.349 e. The molecule has 1 amide bonds. The molecule has 0 radical (unpaired) electrons. The van der Waals surface area contributed by atoms with Crippen molar-refractivity contribution in [2.24, 2.45) is 11.8 Å². The van der Waals surface area contributed by atoms with Crippen LogP contribution in [-0.4, -0.2) is 26.6 Å². The van der Waals surface area contributed by atoms with Gasteiger partial charge in [-0.25, -0.2) is 8.42 Å². The summed E-state index contributed by atoms with van der Waals surface area (Å²) in [5.74, 6) is 0.510. The molecular formula is C23H32N2O3S. The number of carbonyl (C=O) groups is 1. The summed E-state index contributed by atoms with van der Waals surface area (Å²) in [6.07, 6.45) is 1.19. The van der Waals surface area contributed by atoms with Crippen LogP contribution in [0.2, 0.25) is 0 Å². The van der Waals surface area contributed by atoms with Crippen LogP contribution in [0.3, 0.4) is 0 Å². The minimum Gasteiger partial charge on any atom is -0.349 e. The van der Waals surface area contributed by atoms with Crippen LogP contribution in [-0.2, 0) is 16.6 Å². The van der Waals surface area contributed by atoms with Crippen molar-refractivity contribution in [1.29, 1.82) is 0 Å². The second-order valence-electron chi connectivity index (χ2n) is 8.29. The van der Waals surface area contributed by atoms with Crippen LogP contribution in [0.1, 0.15) is 49.2 Å². The molecule has 0 saturated heterocycles. The van der Waals surface area contributed by atoms with E-state index in [-0.39, 0.29) is 18.5 Å². The van der Waals surface area contributed by atoms with Gasteiger partial charge in [-0.2, -0.15) is 0 Å². The Morgan fingerprint density at radius 2 is 1.45 bits per heavy atom. The third-order valence-corrected chi connectivity index (χ3v) is 6.14. The van der Waals surface area contributed by atoms with Gasteiger partial charge in [0.15, 0.2) is 0 Å². The highest BCUT2D eigenvalue weighted by atomic mass is 32.2. The van der Waals surface area contributed by atoms with E-state index in [9.17, 15) is 13.2 Å². The lowest BCUT2D eigenvalue weighted by atomic mass is 9.93. The summed E-state index contributed by atoms with van der Waals surface area (Å²) in [5.41, 5.74) is 3.08. The summed E-state index contributed by atoms with van der Waals surface area (Å²) < 4.78 is 26.1. The Morgan fingerprint density at radius 3 is 1.90 bits per heavy atom. The zero-order valence-corrected chi connectivity index (χ0v) is 19.0. The lowest BCUT2D eigenvalue weighted by Crippen LogP contribution is -2.42. The number of hydrogen-bond donors (Lipinski definition) is 1. The molecule has 2 aromatic carbocycles. The van der Waals surface area contributed by atoms with Crippen LogP contribution < -0.4 is 9.62 Å². The molecule has 0 aromatic heterocycles. The van der Waals surface area contributed by atoms with Gasteiger partial charge in [-0.1, -0.05) is 57.5 Å². The average molecular weight is 417 g/mol. The molecule has 0 saturated carbocycles. The van der Waals surface area contributed by atoms with E-state index in [0.717, 1.165) is 11.1 Å². The molecule has 0 aliphatic heterocycles. The maximum absolute atomic E-state index is 12.6. The molecular weight excluding hydrogens is 384 g/mol. The minimum atomic E-state index is -3.47. The van der Waals surface area contributed by atoms with E-state index in [1.165, 1.54) is 10.6 Å². The zero-order chi connectivity index (χ0) is 21.8. The van der Waals surface area contributed by atoms with Crippen LogP contribution in [0.4, 0.5) is 5.69 Å². The molecule has 0 spiro atoms. The number of carbonyl (C=O) groups excluding carboxylic acids is 1. The molecule has 2 rings (SSSR count). The molecule has 5 nitrogen and oxygen atoms in total. The van der Waals surface area contributed by atoms with Gasteiger partial charge in [-0.3, -0.25) is 9.10 Å². The van der Waals surface area contributed by atoms with Crippen molar-refractivity contribution < 1.29 is 13.2 Å². The van der Waals surface area contributed by atoms with E-state index in [1.54, 1.807) is 24.3 Å². The molecule has 29 heavy (non-hydrogen) atoms. The molecule has 0 bridgehead atoms. The first-order valence-corrected chi connectivity index (χ1v) is 11.8. The Morgan fingerprint density at radius 1 is 0.931 bits per heavy atom.